The van der Waals surface area contributed by atoms with Gasteiger partial charge in [0.1, 0.15) is 5.82 Å². The van der Waals surface area contributed by atoms with Crippen LogP contribution in [-0.4, -0.2) is 17.6 Å². The summed E-state index contributed by atoms with van der Waals surface area (Å²) < 4.78 is 37.0. The molecule has 0 spiro atoms. The molecule has 1 unspecified atom stereocenters. The Kier molecular flexibility index (Phi) is 4.59. The van der Waals surface area contributed by atoms with Gasteiger partial charge < -0.3 is 11.1 Å². The molecule has 3 nitrogen and oxygen atoms in total. The monoisotopic (exact) mass is 267 g/mol. The normalized spacial score (nSPS) is 13.5. The molecule has 0 aliphatic heterocycles. The molecule has 0 saturated heterocycles. The van der Waals surface area contributed by atoms with Crippen LogP contribution in [0.4, 0.5) is 19.0 Å². The Labute approximate surface area is 102 Å². The van der Waals surface area contributed by atoms with Crippen molar-refractivity contribution in [1.29, 1.82) is 0 Å². The highest BCUT2D eigenvalue weighted by Crippen LogP contribution is 2.32. The SMILES string of the molecule is CC(CCN)Nc1ncc(C(F)(F)F)cc1Cl. The van der Waals surface area contributed by atoms with Crippen LogP contribution in [0.15, 0.2) is 12.3 Å². The molecule has 1 aromatic heterocycles. The van der Waals surface area contributed by atoms with Crippen LogP contribution in [0.2, 0.25) is 5.02 Å². The standard InChI is InChI=1S/C10H13ClF3N3/c1-6(2-3-15)17-9-8(11)4-7(5-16-9)10(12,13)14/h4-6H,2-3,15H2,1H3,(H,16,17). The number of nitrogens with zero attached hydrogens (tertiary/aromatic N) is 1. The Morgan fingerprint density at radius 3 is 2.65 bits per heavy atom. The number of nitrogens with one attached hydrogen (secondary N) is 1. The van der Waals surface area contributed by atoms with Crippen molar-refractivity contribution < 1.29 is 13.2 Å². The summed E-state index contributed by atoms with van der Waals surface area (Å²) in [6, 6.07) is 0.855. The summed E-state index contributed by atoms with van der Waals surface area (Å²) in [5, 5.41) is 2.85. The predicted octanol–water partition coefficient (Wildman–Crippen LogP) is 2.90. The van der Waals surface area contributed by atoms with Crippen molar-refractivity contribution in [1.82, 2.24) is 4.98 Å². The van der Waals surface area contributed by atoms with Gasteiger partial charge in [-0.15, -0.1) is 0 Å². The first-order valence-electron chi connectivity index (χ1n) is 5.04. The zero-order valence-corrected chi connectivity index (χ0v) is 9.94. The molecule has 0 saturated carbocycles. The Hall–Kier alpha value is -1.01. The second-order valence-corrected chi connectivity index (χ2v) is 4.08. The zero-order chi connectivity index (χ0) is 13.1. The van der Waals surface area contributed by atoms with Crippen molar-refractivity contribution in [2.24, 2.45) is 5.73 Å². The number of hydrogen-bond donors (Lipinski definition) is 2. The number of halogens is 4. The van der Waals surface area contributed by atoms with E-state index >= 15 is 0 Å². The third kappa shape index (κ3) is 4.05. The van der Waals surface area contributed by atoms with Crippen molar-refractivity contribution >= 4 is 17.4 Å². The minimum Gasteiger partial charge on any atom is -0.366 e. The Bertz CT molecular complexity index is 382. The summed E-state index contributed by atoms with van der Waals surface area (Å²) in [6.45, 7) is 2.33. The lowest BCUT2D eigenvalue weighted by atomic mass is 10.2. The summed E-state index contributed by atoms with van der Waals surface area (Å²) in [5.41, 5.74) is 4.50. The van der Waals surface area contributed by atoms with Gasteiger partial charge in [-0.05, 0) is 26.0 Å². The molecule has 0 aliphatic carbocycles. The fourth-order valence-corrected chi connectivity index (χ4v) is 1.48. The average molecular weight is 268 g/mol. The Morgan fingerprint density at radius 2 is 2.18 bits per heavy atom. The van der Waals surface area contributed by atoms with Gasteiger partial charge in [-0.1, -0.05) is 11.6 Å². The smallest absolute Gasteiger partial charge is 0.366 e. The van der Waals surface area contributed by atoms with Crippen LogP contribution >= 0.6 is 11.6 Å². The van der Waals surface area contributed by atoms with Gasteiger partial charge in [0.15, 0.2) is 0 Å². The van der Waals surface area contributed by atoms with Crippen LogP contribution in [-0.2, 0) is 6.18 Å². The summed E-state index contributed by atoms with van der Waals surface area (Å²) in [4.78, 5) is 3.66. The van der Waals surface area contributed by atoms with E-state index in [4.69, 9.17) is 17.3 Å². The van der Waals surface area contributed by atoms with Crippen molar-refractivity contribution in [3.05, 3.63) is 22.8 Å². The molecule has 0 radical (unpaired) electrons. The molecule has 96 valence electrons. The molecule has 1 heterocycles. The number of nitrogens with two attached hydrogens (primary N) is 1. The third-order valence-electron chi connectivity index (χ3n) is 2.15. The molecule has 0 amide bonds. The topological polar surface area (TPSA) is 50.9 Å². The van der Waals surface area contributed by atoms with Crippen molar-refractivity contribution in [2.75, 3.05) is 11.9 Å². The second kappa shape index (κ2) is 5.55. The Morgan fingerprint density at radius 1 is 1.53 bits per heavy atom. The summed E-state index contributed by atoms with van der Waals surface area (Å²) >= 11 is 5.72. The largest absolute Gasteiger partial charge is 0.417 e. The van der Waals surface area contributed by atoms with Crippen molar-refractivity contribution in [2.45, 2.75) is 25.6 Å². The van der Waals surface area contributed by atoms with Gasteiger partial charge in [0.25, 0.3) is 0 Å². The van der Waals surface area contributed by atoms with Gasteiger partial charge in [0.2, 0.25) is 0 Å². The highest BCUT2D eigenvalue weighted by Gasteiger charge is 2.31. The lowest BCUT2D eigenvalue weighted by Crippen LogP contribution is -2.20. The van der Waals surface area contributed by atoms with Crippen LogP contribution in [0.3, 0.4) is 0 Å². The van der Waals surface area contributed by atoms with Crippen LogP contribution in [0, 0.1) is 0 Å². The van der Waals surface area contributed by atoms with E-state index in [0.717, 1.165) is 12.3 Å². The van der Waals surface area contributed by atoms with Crippen LogP contribution in [0.5, 0.6) is 0 Å². The lowest BCUT2D eigenvalue weighted by molar-refractivity contribution is -0.137. The maximum atomic E-state index is 12.3. The lowest BCUT2D eigenvalue weighted by Gasteiger charge is -2.15. The fourth-order valence-electron chi connectivity index (χ4n) is 1.25. The second-order valence-electron chi connectivity index (χ2n) is 3.67. The first-order chi connectivity index (χ1) is 7.84. The van der Waals surface area contributed by atoms with E-state index < -0.39 is 11.7 Å². The Balaban J connectivity index is 2.83. The quantitative estimate of drug-likeness (QED) is 0.882. The number of rotatable bonds is 4. The van der Waals surface area contributed by atoms with Gasteiger partial charge in [0.05, 0.1) is 10.6 Å². The van der Waals surface area contributed by atoms with E-state index in [1.54, 1.807) is 0 Å². The van der Waals surface area contributed by atoms with E-state index in [-0.39, 0.29) is 16.9 Å². The van der Waals surface area contributed by atoms with E-state index in [2.05, 4.69) is 10.3 Å². The zero-order valence-electron chi connectivity index (χ0n) is 9.18. The predicted molar refractivity (Wildman–Crippen MR) is 61.0 cm³/mol. The van der Waals surface area contributed by atoms with Crippen molar-refractivity contribution in [3.8, 4) is 0 Å². The fraction of sp³-hybridized carbons (Fsp3) is 0.500. The number of hydrogen-bond acceptors (Lipinski definition) is 3. The van der Waals surface area contributed by atoms with Gasteiger partial charge in [-0.3, -0.25) is 0 Å². The van der Waals surface area contributed by atoms with Gasteiger partial charge in [-0.25, -0.2) is 4.98 Å². The average Bonchev–Trinajstić information content (AvgIpc) is 2.20. The van der Waals surface area contributed by atoms with Gasteiger partial charge in [-0.2, -0.15) is 13.2 Å². The summed E-state index contributed by atoms with van der Waals surface area (Å²) in [5.74, 6) is 0.237. The summed E-state index contributed by atoms with van der Waals surface area (Å²) in [7, 11) is 0. The van der Waals surface area contributed by atoms with E-state index in [0.29, 0.717) is 13.0 Å². The molecule has 3 N–H and O–H groups in total. The minimum absolute atomic E-state index is 0.00161. The molecule has 0 fully saturated rings. The first-order valence-corrected chi connectivity index (χ1v) is 5.41. The number of anilines is 1. The minimum atomic E-state index is -4.43. The molecular formula is C10H13ClF3N3. The molecule has 1 aromatic rings. The van der Waals surface area contributed by atoms with Crippen molar-refractivity contribution in [3.63, 3.8) is 0 Å². The van der Waals surface area contributed by atoms with E-state index in [1.807, 2.05) is 6.92 Å². The summed E-state index contributed by atoms with van der Waals surface area (Å²) in [6.07, 6.45) is -3.00. The molecular weight excluding hydrogens is 255 g/mol. The molecule has 17 heavy (non-hydrogen) atoms. The van der Waals surface area contributed by atoms with E-state index in [9.17, 15) is 13.2 Å². The van der Waals surface area contributed by atoms with Crippen LogP contribution in [0.1, 0.15) is 18.9 Å². The third-order valence-corrected chi connectivity index (χ3v) is 2.44. The van der Waals surface area contributed by atoms with Crippen LogP contribution < -0.4 is 11.1 Å². The maximum Gasteiger partial charge on any atom is 0.417 e. The molecule has 1 rings (SSSR count). The highest BCUT2D eigenvalue weighted by atomic mass is 35.5. The first kappa shape index (κ1) is 14.1. The maximum absolute atomic E-state index is 12.3. The van der Waals surface area contributed by atoms with Gasteiger partial charge in [0, 0.05) is 12.2 Å². The highest BCUT2D eigenvalue weighted by molar-refractivity contribution is 6.32. The number of pyridine rings is 1. The van der Waals surface area contributed by atoms with Crippen LogP contribution in [0.25, 0.3) is 0 Å². The number of alkyl halides is 3. The van der Waals surface area contributed by atoms with E-state index in [1.165, 1.54) is 0 Å². The molecule has 1 atom stereocenters. The van der Waals surface area contributed by atoms with Gasteiger partial charge >= 0.3 is 6.18 Å². The molecule has 0 aliphatic rings. The molecule has 7 heteroatoms. The number of aromatic nitrogens is 1. The molecule has 0 aromatic carbocycles. The molecule has 0 bridgehead atoms.